The summed E-state index contributed by atoms with van der Waals surface area (Å²) in [4.78, 5) is 28.4. The summed E-state index contributed by atoms with van der Waals surface area (Å²) >= 11 is 6.06. The van der Waals surface area contributed by atoms with Crippen molar-refractivity contribution in [3.05, 3.63) is 82.4 Å². The highest BCUT2D eigenvalue weighted by Crippen LogP contribution is 2.33. The van der Waals surface area contributed by atoms with E-state index < -0.39 is 28.5 Å². The quantitative estimate of drug-likeness (QED) is 0.304. The van der Waals surface area contributed by atoms with Crippen molar-refractivity contribution < 1.29 is 27.5 Å². The van der Waals surface area contributed by atoms with Gasteiger partial charge in [-0.3, -0.25) is 13.9 Å². The van der Waals surface area contributed by atoms with Crippen molar-refractivity contribution in [1.82, 2.24) is 10.2 Å². The topological polar surface area (TPSA) is 105 Å². The summed E-state index contributed by atoms with van der Waals surface area (Å²) in [5, 5.41) is 3.37. The highest BCUT2D eigenvalue weighted by Gasteiger charge is 2.33. The van der Waals surface area contributed by atoms with E-state index in [2.05, 4.69) is 5.32 Å². The first-order valence-electron chi connectivity index (χ1n) is 13.4. The number of hydrogen-bond acceptors (Lipinski definition) is 6. The van der Waals surface area contributed by atoms with Crippen LogP contribution in [-0.2, 0) is 26.2 Å². The molecule has 0 radical (unpaired) electrons. The van der Waals surface area contributed by atoms with Crippen molar-refractivity contribution in [3.63, 3.8) is 0 Å². The van der Waals surface area contributed by atoms with Gasteiger partial charge in [0.1, 0.15) is 12.6 Å². The van der Waals surface area contributed by atoms with E-state index in [0.717, 1.165) is 21.0 Å². The summed E-state index contributed by atoms with van der Waals surface area (Å²) in [5.74, 6) is -0.314. The lowest BCUT2D eigenvalue weighted by Crippen LogP contribution is -2.52. The van der Waals surface area contributed by atoms with Gasteiger partial charge in [-0.1, -0.05) is 29.8 Å². The number of carbonyl (C=O) groups is 2. The van der Waals surface area contributed by atoms with Gasteiger partial charge in [-0.15, -0.1) is 0 Å². The molecule has 0 heterocycles. The maximum atomic E-state index is 14.2. The van der Waals surface area contributed by atoms with Crippen LogP contribution in [-0.4, -0.2) is 58.0 Å². The summed E-state index contributed by atoms with van der Waals surface area (Å²) in [6.45, 7) is 8.50. The largest absolute Gasteiger partial charge is 0.493 e. The molecule has 2 amide bonds. The third-order valence-corrected chi connectivity index (χ3v) is 8.60. The van der Waals surface area contributed by atoms with Crippen LogP contribution in [0.2, 0.25) is 5.02 Å². The molecule has 0 aliphatic heterocycles. The normalized spacial score (nSPS) is 12.0. The molecule has 1 atom stereocenters. The smallest absolute Gasteiger partial charge is 0.264 e. The van der Waals surface area contributed by atoms with E-state index in [4.69, 9.17) is 21.1 Å². The van der Waals surface area contributed by atoms with Crippen LogP contribution >= 0.6 is 11.6 Å². The van der Waals surface area contributed by atoms with E-state index in [1.165, 1.54) is 37.3 Å². The van der Waals surface area contributed by atoms with Gasteiger partial charge in [0, 0.05) is 23.7 Å². The number of ether oxygens (including phenoxy) is 2. The minimum atomic E-state index is -4.28. The Bertz CT molecular complexity index is 1510. The molecule has 3 aromatic rings. The first kappa shape index (κ1) is 32.8. The first-order valence-corrected chi connectivity index (χ1v) is 15.3. The van der Waals surface area contributed by atoms with Gasteiger partial charge in [0.2, 0.25) is 11.8 Å². The average molecular weight is 616 g/mol. The van der Waals surface area contributed by atoms with Crippen molar-refractivity contribution in [3.8, 4) is 11.5 Å². The molecule has 226 valence electrons. The lowest BCUT2D eigenvalue weighted by atomic mass is 10.1. The number of benzene rings is 3. The van der Waals surface area contributed by atoms with Gasteiger partial charge in [-0.25, -0.2) is 8.42 Å². The van der Waals surface area contributed by atoms with Crippen molar-refractivity contribution in [2.24, 2.45) is 0 Å². The Balaban J connectivity index is 2.10. The number of nitrogens with one attached hydrogen (secondary N) is 1. The van der Waals surface area contributed by atoms with Gasteiger partial charge >= 0.3 is 0 Å². The van der Waals surface area contributed by atoms with Gasteiger partial charge in [-0.05, 0) is 87.7 Å². The summed E-state index contributed by atoms with van der Waals surface area (Å²) < 4.78 is 40.1. The molecule has 0 saturated carbocycles. The molecule has 9 nitrogen and oxygen atoms in total. The molecule has 0 unspecified atom stereocenters. The molecule has 3 rings (SSSR count). The third kappa shape index (κ3) is 7.95. The molecule has 0 bridgehead atoms. The van der Waals surface area contributed by atoms with Gasteiger partial charge in [-0.2, -0.15) is 0 Å². The SMILES string of the molecule is COc1ccc(S(=O)(=O)N(CC(=O)N(Cc2ccc(Cl)cc2)[C@@H](C)C(=O)NC(C)C)c2cc(C)cc(C)c2)cc1OC. The molecule has 0 aliphatic carbocycles. The summed E-state index contributed by atoms with van der Waals surface area (Å²) in [6.07, 6.45) is 0. The molecule has 11 heteroatoms. The number of carbonyl (C=O) groups excluding carboxylic acids is 2. The number of methoxy groups -OCH3 is 2. The first-order chi connectivity index (χ1) is 19.8. The summed E-state index contributed by atoms with van der Waals surface area (Å²) in [6, 6.07) is 15.5. The highest BCUT2D eigenvalue weighted by atomic mass is 35.5. The predicted molar refractivity (Wildman–Crippen MR) is 165 cm³/mol. The molecule has 3 aromatic carbocycles. The molecule has 0 saturated heterocycles. The van der Waals surface area contributed by atoms with Gasteiger partial charge in [0.05, 0.1) is 24.8 Å². The van der Waals surface area contributed by atoms with Crippen LogP contribution in [0.25, 0.3) is 0 Å². The third-order valence-electron chi connectivity index (χ3n) is 6.58. The van der Waals surface area contributed by atoms with Crippen LogP contribution in [0.1, 0.15) is 37.5 Å². The summed E-state index contributed by atoms with van der Waals surface area (Å²) in [5.41, 5.74) is 2.71. The van der Waals surface area contributed by atoms with Crippen molar-refractivity contribution >= 4 is 39.1 Å². The van der Waals surface area contributed by atoms with Crippen molar-refractivity contribution in [2.45, 2.75) is 58.1 Å². The number of halogens is 1. The summed E-state index contributed by atoms with van der Waals surface area (Å²) in [7, 11) is -1.41. The van der Waals surface area contributed by atoms with Gasteiger partial charge in [0.15, 0.2) is 11.5 Å². The Kier molecular flexibility index (Phi) is 10.9. The highest BCUT2D eigenvalue weighted by molar-refractivity contribution is 7.92. The van der Waals surface area contributed by atoms with E-state index in [-0.39, 0.29) is 29.1 Å². The van der Waals surface area contributed by atoms with E-state index in [0.29, 0.717) is 16.5 Å². The zero-order valence-electron chi connectivity index (χ0n) is 25.0. The van der Waals surface area contributed by atoms with E-state index >= 15 is 0 Å². The van der Waals surface area contributed by atoms with Crippen molar-refractivity contribution in [1.29, 1.82) is 0 Å². The Hall–Kier alpha value is -3.76. The Morgan fingerprint density at radius 3 is 2.02 bits per heavy atom. The monoisotopic (exact) mass is 615 g/mol. The van der Waals surface area contributed by atoms with Crippen LogP contribution < -0.4 is 19.1 Å². The van der Waals surface area contributed by atoms with Crippen LogP contribution in [0.15, 0.2) is 65.6 Å². The van der Waals surface area contributed by atoms with Crippen LogP contribution in [0.3, 0.4) is 0 Å². The maximum absolute atomic E-state index is 14.2. The maximum Gasteiger partial charge on any atom is 0.264 e. The van der Waals surface area contributed by atoms with Gasteiger partial charge < -0.3 is 19.7 Å². The number of amides is 2. The zero-order valence-corrected chi connectivity index (χ0v) is 26.5. The number of anilines is 1. The van der Waals surface area contributed by atoms with Gasteiger partial charge in [0.25, 0.3) is 10.0 Å². The van der Waals surface area contributed by atoms with Crippen LogP contribution in [0.5, 0.6) is 11.5 Å². The minimum Gasteiger partial charge on any atom is -0.493 e. The molecule has 0 aromatic heterocycles. The number of aryl methyl sites for hydroxylation is 2. The fraction of sp³-hybridized carbons (Fsp3) is 0.355. The Morgan fingerprint density at radius 2 is 1.48 bits per heavy atom. The zero-order chi connectivity index (χ0) is 31.2. The predicted octanol–water partition coefficient (Wildman–Crippen LogP) is 5.11. The van der Waals surface area contributed by atoms with Crippen LogP contribution in [0, 0.1) is 13.8 Å². The number of nitrogens with zero attached hydrogens (tertiary/aromatic N) is 2. The Morgan fingerprint density at radius 1 is 0.881 bits per heavy atom. The molecule has 1 N–H and O–H groups in total. The fourth-order valence-electron chi connectivity index (χ4n) is 4.50. The second kappa shape index (κ2) is 13.9. The second-order valence-corrected chi connectivity index (χ2v) is 12.7. The lowest BCUT2D eigenvalue weighted by molar-refractivity contribution is -0.139. The average Bonchev–Trinajstić information content (AvgIpc) is 2.93. The standard InChI is InChI=1S/C31H38ClN3O6S/c1-20(2)33-31(37)23(5)34(18-24-8-10-25(32)11-9-24)30(36)19-35(26-15-21(3)14-22(4)16-26)42(38,39)27-12-13-28(40-6)29(17-27)41-7/h8-17,20,23H,18-19H2,1-7H3,(H,33,37)/t23-/m0/s1. The molecule has 0 aliphatic rings. The molecular weight excluding hydrogens is 578 g/mol. The van der Waals surface area contributed by atoms with E-state index in [1.54, 1.807) is 43.3 Å². The lowest BCUT2D eigenvalue weighted by Gasteiger charge is -2.32. The molecular formula is C31H38ClN3O6S. The molecule has 0 fully saturated rings. The fourth-order valence-corrected chi connectivity index (χ4v) is 6.04. The second-order valence-electron chi connectivity index (χ2n) is 10.4. The van der Waals surface area contributed by atoms with E-state index in [1.807, 2.05) is 33.8 Å². The Labute approximate surface area is 253 Å². The van der Waals surface area contributed by atoms with Crippen LogP contribution in [0.4, 0.5) is 5.69 Å². The number of rotatable bonds is 12. The van der Waals surface area contributed by atoms with Crippen molar-refractivity contribution in [2.75, 3.05) is 25.1 Å². The number of hydrogen-bond donors (Lipinski definition) is 1. The van der Waals surface area contributed by atoms with E-state index in [9.17, 15) is 18.0 Å². The molecule has 0 spiro atoms. The number of sulfonamides is 1. The minimum absolute atomic E-state index is 0.0692. The molecule has 42 heavy (non-hydrogen) atoms.